The van der Waals surface area contributed by atoms with Crippen LogP contribution in [0.2, 0.25) is 0 Å². The van der Waals surface area contributed by atoms with Crippen LogP contribution in [-0.2, 0) is 5.41 Å². The van der Waals surface area contributed by atoms with Gasteiger partial charge >= 0.3 is 0 Å². The number of fused-ring (bicyclic) bond motifs is 1. The van der Waals surface area contributed by atoms with E-state index in [0.29, 0.717) is 11.3 Å². The van der Waals surface area contributed by atoms with Gasteiger partial charge in [0.1, 0.15) is 5.69 Å². The molecule has 0 saturated heterocycles. The van der Waals surface area contributed by atoms with Crippen LogP contribution in [0.5, 0.6) is 0 Å². The lowest BCUT2D eigenvalue weighted by molar-refractivity contribution is 0.102. The van der Waals surface area contributed by atoms with E-state index in [1.54, 1.807) is 22.8 Å². The number of nitrogens with zero attached hydrogens (tertiary/aromatic N) is 3. The first kappa shape index (κ1) is 15.2. The van der Waals surface area contributed by atoms with Gasteiger partial charge in [0.05, 0.1) is 6.20 Å². The molecular formula is C18H20N4O. The van der Waals surface area contributed by atoms with Crippen molar-refractivity contribution >= 4 is 17.2 Å². The molecule has 0 radical (unpaired) electrons. The summed E-state index contributed by atoms with van der Waals surface area (Å²) in [5, 5.41) is 7.16. The second-order valence-corrected chi connectivity index (χ2v) is 6.63. The van der Waals surface area contributed by atoms with Crippen molar-refractivity contribution in [3.05, 3.63) is 59.5 Å². The molecule has 2 aromatic heterocycles. The van der Waals surface area contributed by atoms with Gasteiger partial charge in [-0.15, -0.1) is 0 Å². The van der Waals surface area contributed by atoms with Crippen LogP contribution in [0.4, 0.5) is 5.69 Å². The zero-order chi connectivity index (χ0) is 16.6. The highest BCUT2D eigenvalue weighted by Gasteiger charge is 2.19. The Kier molecular flexibility index (Phi) is 3.64. The number of rotatable bonds is 2. The molecule has 0 saturated carbocycles. The lowest BCUT2D eigenvalue weighted by Crippen LogP contribution is -2.20. The predicted octanol–water partition coefficient (Wildman–Crippen LogP) is 3.59. The van der Waals surface area contributed by atoms with E-state index in [2.05, 4.69) is 36.2 Å². The molecule has 0 aliphatic rings. The summed E-state index contributed by atoms with van der Waals surface area (Å²) in [7, 11) is 0. The number of nitrogens with one attached hydrogen (secondary N) is 1. The molecule has 23 heavy (non-hydrogen) atoms. The molecule has 3 aromatic rings. The van der Waals surface area contributed by atoms with Gasteiger partial charge in [0.2, 0.25) is 0 Å². The fraction of sp³-hybridized carbons (Fsp3) is 0.278. The first-order valence-electron chi connectivity index (χ1n) is 7.58. The molecule has 1 aromatic carbocycles. The smallest absolute Gasteiger partial charge is 0.274 e. The van der Waals surface area contributed by atoms with E-state index < -0.39 is 0 Å². The summed E-state index contributed by atoms with van der Waals surface area (Å²) < 4.78 is 1.71. The fourth-order valence-electron chi connectivity index (χ4n) is 2.62. The number of aromatic nitrogens is 3. The maximum atomic E-state index is 12.6. The standard InChI is InChI=1S/C18H20N4O/c1-12-11-15(20-16-9-10-19-22(12)16)17(23)21-14-8-6-5-7-13(14)18(2,3)4/h5-11H,1-4H3,(H,21,23). The van der Waals surface area contributed by atoms with Crippen molar-refractivity contribution in [1.29, 1.82) is 0 Å². The predicted molar refractivity (Wildman–Crippen MR) is 90.8 cm³/mol. The second kappa shape index (κ2) is 5.50. The molecule has 0 unspecified atom stereocenters. The number of carbonyl (C=O) groups is 1. The van der Waals surface area contributed by atoms with Crippen molar-refractivity contribution in [2.24, 2.45) is 0 Å². The quantitative estimate of drug-likeness (QED) is 0.787. The topological polar surface area (TPSA) is 59.3 Å². The van der Waals surface area contributed by atoms with Crippen LogP contribution >= 0.6 is 0 Å². The van der Waals surface area contributed by atoms with Gasteiger partial charge in [0.15, 0.2) is 5.65 Å². The average Bonchev–Trinajstić information content (AvgIpc) is 2.95. The van der Waals surface area contributed by atoms with Crippen LogP contribution < -0.4 is 5.32 Å². The maximum Gasteiger partial charge on any atom is 0.274 e. The molecule has 0 fully saturated rings. The largest absolute Gasteiger partial charge is 0.320 e. The van der Waals surface area contributed by atoms with Crippen LogP contribution in [0, 0.1) is 6.92 Å². The molecule has 0 aliphatic heterocycles. The number of hydrogen-bond acceptors (Lipinski definition) is 3. The van der Waals surface area contributed by atoms with Gasteiger partial charge in [0.25, 0.3) is 5.91 Å². The van der Waals surface area contributed by atoms with E-state index in [4.69, 9.17) is 0 Å². The zero-order valence-electron chi connectivity index (χ0n) is 13.8. The van der Waals surface area contributed by atoms with Crippen LogP contribution in [-0.4, -0.2) is 20.5 Å². The highest BCUT2D eigenvalue weighted by molar-refractivity contribution is 6.03. The summed E-state index contributed by atoms with van der Waals surface area (Å²) in [5.74, 6) is -0.214. The Morgan fingerprint density at radius 1 is 1.17 bits per heavy atom. The molecule has 5 heteroatoms. The lowest BCUT2D eigenvalue weighted by atomic mass is 9.86. The van der Waals surface area contributed by atoms with Crippen LogP contribution in [0.25, 0.3) is 5.65 Å². The van der Waals surface area contributed by atoms with Gasteiger partial charge in [-0.25, -0.2) is 9.50 Å². The maximum absolute atomic E-state index is 12.6. The minimum atomic E-state index is -0.214. The van der Waals surface area contributed by atoms with Gasteiger partial charge in [-0.05, 0) is 30.0 Å². The normalized spacial score (nSPS) is 11.7. The van der Waals surface area contributed by atoms with Gasteiger partial charge < -0.3 is 5.32 Å². The monoisotopic (exact) mass is 308 g/mol. The summed E-state index contributed by atoms with van der Waals surface area (Å²) in [5.41, 5.74) is 3.78. The Morgan fingerprint density at radius 2 is 1.91 bits per heavy atom. The SMILES string of the molecule is Cc1cc(C(=O)Nc2ccccc2C(C)(C)C)nc2ccnn12. The Bertz CT molecular complexity index is 874. The molecule has 3 rings (SSSR count). The Morgan fingerprint density at radius 3 is 2.65 bits per heavy atom. The summed E-state index contributed by atoms with van der Waals surface area (Å²) in [4.78, 5) is 17.0. The molecule has 5 nitrogen and oxygen atoms in total. The molecule has 0 bridgehead atoms. The van der Waals surface area contributed by atoms with E-state index >= 15 is 0 Å². The van der Waals surface area contributed by atoms with Gasteiger partial charge in [-0.3, -0.25) is 4.79 Å². The van der Waals surface area contributed by atoms with E-state index in [1.165, 1.54) is 0 Å². The van der Waals surface area contributed by atoms with E-state index in [9.17, 15) is 4.79 Å². The molecule has 1 N–H and O–H groups in total. The number of amides is 1. The van der Waals surface area contributed by atoms with Crippen molar-refractivity contribution in [3.63, 3.8) is 0 Å². The molecule has 2 heterocycles. The third-order valence-corrected chi connectivity index (χ3v) is 3.75. The minimum absolute atomic E-state index is 0.0530. The summed E-state index contributed by atoms with van der Waals surface area (Å²) in [6.07, 6.45) is 1.67. The highest BCUT2D eigenvalue weighted by atomic mass is 16.1. The Labute approximate surface area is 135 Å². The van der Waals surface area contributed by atoms with Crippen molar-refractivity contribution in [3.8, 4) is 0 Å². The molecule has 118 valence electrons. The van der Waals surface area contributed by atoms with Crippen molar-refractivity contribution < 1.29 is 4.79 Å². The molecule has 0 atom stereocenters. The van der Waals surface area contributed by atoms with E-state index in [0.717, 1.165) is 16.9 Å². The summed E-state index contributed by atoms with van der Waals surface area (Å²) >= 11 is 0. The van der Waals surface area contributed by atoms with Gasteiger partial charge in [-0.1, -0.05) is 39.0 Å². The van der Waals surface area contributed by atoms with Crippen molar-refractivity contribution in [2.45, 2.75) is 33.1 Å². The number of para-hydroxylation sites is 1. The molecular weight excluding hydrogens is 288 g/mol. The van der Waals surface area contributed by atoms with Gasteiger partial charge in [0, 0.05) is 17.4 Å². The zero-order valence-corrected chi connectivity index (χ0v) is 13.8. The summed E-state index contributed by atoms with van der Waals surface area (Å²) in [6, 6.07) is 11.4. The number of hydrogen-bond donors (Lipinski definition) is 1. The van der Waals surface area contributed by atoms with E-state index in [1.807, 2.05) is 31.2 Å². The fourth-order valence-corrected chi connectivity index (χ4v) is 2.62. The molecule has 0 aliphatic carbocycles. The minimum Gasteiger partial charge on any atom is -0.320 e. The summed E-state index contributed by atoms with van der Waals surface area (Å²) in [6.45, 7) is 8.28. The van der Waals surface area contributed by atoms with Crippen molar-refractivity contribution in [2.75, 3.05) is 5.32 Å². The first-order valence-corrected chi connectivity index (χ1v) is 7.58. The van der Waals surface area contributed by atoms with Crippen LogP contribution in [0.1, 0.15) is 42.5 Å². The number of benzene rings is 1. The van der Waals surface area contributed by atoms with Crippen molar-refractivity contribution in [1.82, 2.24) is 14.6 Å². The Balaban J connectivity index is 1.95. The average molecular weight is 308 g/mol. The number of aryl methyl sites for hydroxylation is 1. The number of anilines is 1. The lowest BCUT2D eigenvalue weighted by Gasteiger charge is -2.22. The molecule has 0 spiro atoms. The second-order valence-electron chi connectivity index (χ2n) is 6.63. The van der Waals surface area contributed by atoms with Gasteiger partial charge in [-0.2, -0.15) is 5.10 Å². The Hall–Kier alpha value is -2.69. The van der Waals surface area contributed by atoms with Crippen LogP contribution in [0.3, 0.4) is 0 Å². The van der Waals surface area contributed by atoms with E-state index in [-0.39, 0.29) is 11.3 Å². The highest BCUT2D eigenvalue weighted by Crippen LogP contribution is 2.29. The first-order chi connectivity index (χ1) is 10.9. The van der Waals surface area contributed by atoms with Crippen LogP contribution in [0.15, 0.2) is 42.6 Å². The molecule has 1 amide bonds. The third-order valence-electron chi connectivity index (χ3n) is 3.75. The third kappa shape index (κ3) is 2.95. The number of carbonyl (C=O) groups excluding carboxylic acids is 1.